The van der Waals surface area contributed by atoms with Crippen LogP contribution < -0.4 is 10.9 Å². The van der Waals surface area contributed by atoms with Gasteiger partial charge in [-0.15, -0.1) is 11.8 Å². The van der Waals surface area contributed by atoms with E-state index in [2.05, 4.69) is 15.5 Å². The van der Waals surface area contributed by atoms with Gasteiger partial charge in [-0.2, -0.15) is 5.10 Å². The molecule has 0 bridgehead atoms. The van der Waals surface area contributed by atoms with Crippen molar-refractivity contribution in [1.82, 2.24) is 15.5 Å². The van der Waals surface area contributed by atoms with Crippen molar-refractivity contribution in [2.75, 3.05) is 12.4 Å². The largest absolute Gasteiger partial charge is 0.451 e. The third kappa shape index (κ3) is 5.52. The van der Waals surface area contributed by atoms with Crippen molar-refractivity contribution in [1.29, 1.82) is 0 Å². The second-order valence-electron chi connectivity index (χ2n) is 5.91. The van der Waals surface area contributed by atoms with E-state index in [9.17, 15) is 19.2 Å². The van der Waals surface area contributed by atoms with Gasteiger partial charge in [0.2, 0.25) is 5.91 Å². The Kier molecular flexibility index (Phi) is 6.75. The maximum absolute atomic E-state index is 12.2. The summed E-state index contributed by atoms with van der Waals surface area (Å²) < 4.78 is 4.92. The van der Waals surface area contributed by atoms with Crippen molar-refractivity contribution in [3.63, 3.8) is 0 Å². The van der Waals surface area contributed by atoms with Gasteiger partial charge < -0.3 is 4.74 Å². The maximum atomic E-state index is 12.2. The third-order valence-electron chi connectivity index (χ3n) is 3.84. The summed E-state index contributed by atoms with van der Waals surface area (Å²) in [5, 5.41) is 8.69. The molecule has 0 unspecified atom stereocenters. The minimum absolute atomic E-state index is 0.112. The minimum Gasteiger partial charge on any atom is -0.451 e. The van der Waals surface area contributed by atoms with Crippen molar-refractivity contribution in [3.8, 4) is 0 Å². The SMILES string of the molecule is O=C(CCSc1ccccc1)NC(=O)COC(=O)c1n[nH]c(=O)c2ccccc12. The van der Waals surface area contributed by atoms with Crippen molar-refractivity contribution >= 4 is 40.3 Å². The molecule has 0 atom stereocenters. The van der Waals surface area contributed by atoms with Crippen LogP contribution in [-0.2, 0) is 14.3 Å². The van der Waals surface area contributed by atoms with Gasteiger partial charge in [0, 0.05) is 22.5 Å². The van der Waals surface area contributed by atoms with E-state index in [0.29, 0.717) is 11.1 Å². The van der Waals surface area contributed by atoms with Crippen LogP contribution in [0.15, 0.2) is 64.3 Å². The second-order valence-corrected chi connectivity index (χ2v) is 7.07. The van der Waals surface area contributed by atoms with E-state index in [1.807, 2.05) is 30.3 Å². The number of H-pyrrole nitrogens is 1. The van der Waals surface area contributed by atoms with E-state index < -0.39 is 29.9 Å². The number of carbonyl (C=O) groups excluding carboxylic acids is 3. The van der Waals surface area contributed by atoms with E-state index in [4.69, 9.17) is 4.74 Å². The number of hydrogen-bond donors (Lipinski definition) is 2. The van der Waals surface area contributed by atoms with Crippen LogP contribution in [0.25, 0.3) is 10.8 Å². The fourth-order valence-electron chi connectivity index (χ4n) is 2.50. The average molecular weight is 411 g/mol. The van der Waals surface area contributed by atoms with Gasteiger partial charge in [0.05, 0.1) is 5.39 Å². The summed E-state index contributed by atoms with van der Waals surface area (Å²) in [4.78, 5) is 48.7. The Balaban J connectivity index is 1.48. The first kappa shape index (κ1) is 20.3. The van der Waals surface area contributed by atoms with E-state index in [0.717, 1.165) is 4.90 Å². The molecule has 0 spiro atoms. The molecule has 29 heavy (non-hydrogen) atoms. The zero-order valence-corrected chi connectivity index (χ0v) is 16.0. The summed E-state index contributed by atoms with van der Waals surface area (Å²) >= 11 is 1.50. The van der Waals surface area contributed by atoms with E-state index in [1.54, 1.807) is 24.3 Å². The highest BCUT2D eigenvalue weighted by Gasteiger charge is 2.17. The molecule has 0 saturated carbocycles. The molecular formula is C20H17N3O5S. The first-order chi connectivity index (χ1) is 14.0. The van der Waals surface area contributed by atoms with Gasteiger partial charge >= 0.3 is 5.97 Å². The Morgan fingerprint density at radius 2 is 1.66 bits per heavy atom. The van der Waals surface area contributed by atoms with Crippen molar-refractivity contribution in [2.24, 2.45) is 0 Å². The monoisotopic (exact) mass is 411 g/mol. The van der Waals surface area contributed by atoms with Gasteiger partial charge in [-0.1, -0.05) is 36.4 Å². The zero-order valence-electron chi connectivity index (χ0n) is 15.2. The fourth-order valence-corrected chi connectivity index (χ4v) is 3.37. The molecule has 3 rings (SSSR count). The number of benzene rings is 2. The first-order valence-electron chi connectivity index (χ1n) is 8.69. The molecule has 9 heteroatoms. The van der Waals surface area contributed by atoms with Crippen LogP contribution in [0.3, 0.4) is 0 Å². The molecule has 3 aromatic rings. The van der Waals surface area contributed by atoms with Crippen LogP contribution in [-0.4, -0.2) is 40.3 Å². The molecule has 148 valence electrons. The number of fused-ring (bicyclic) bond motifs is 1. The molecule has 0 fully saturated rings. The quantitative estimate of drug-likeness (QED) is 0.450. The number of amides is 2. The number of hydrogen-bond acceptors (Lipinski definition) is 7. The molecule has 2 N–H and O–H groups in total. The highest BCUT2D eigenvalue weighted by atomic mass is 32.2. The van der Waals surface area contributed by atoms with Crippen LogP contribution in [0.5, 0.6) is 0 Å². The normalized spacial score (nSPS) is 10.5. The number of imide groups is 1. The maximum Gasteiger partial charge on any atom is 0.359 e. The van der Waals surface area contributed by atoms with Crippen molar-refractivity contribution < 1.29 is 19.1 Å². The van der Waals surface area contributed by atoms with Crippen molar-refractivity contribution in [3.05, 3.63) is 70.6 Å². The topological polar surface area (TPSA) is 118 Å². The van der Waals surface area contributed by atoms with Crippen molar-refractivity contribution in [2.45, 2.75) is 11.3 Å². The lowest BCUT2D eigenvalue weighted by Gasteiger charge is -2.07. The van der Waals surface area contributed by atoms with E-state index >= 15 is 0 Å². The Morgan fingerprint density at radius 3 is 2.41 bits per heavy atom. The number of nitrogens with one attached hydrogen (secondary N) is 2. The summed E-state index contributed by atoms with van der Waals surface area (Å²) in [7, 11) is 0. The smallest absolute Gasteiger partial charge is 0.359 e. The molecule has 0 aliphatic rings. The lowest BCUT2D eigenvalue weighted by Crippen LogP contribution is -2.34. The summed E-state index contributed by atoms with van der Waals surface area (Å²) in [5.74, 6) is -1.56. The van der Waals surface area contributed by atoms with Crippen LogP contribution in [0.2, 0.25) is 0 Å². The standard InChI is InChI=1S/C20H17N3O5S/c24-16(10-11-29-13-6-2-1-3-7-13)21-17(25)12-28-20(27)18-14-8-4-5-9-15(14)19(26)23-22-18/h1-9H,10-12H2,(H,23,26)(H,21,24,25). The summed E-state index contributed by atoms with van der Waals surface area (Å²) in [5.41, 5.74) is -0.549. The van der Waals surface area contributed by atoms with Crippen LogP contribution in [0, 0.1) is 0 Å². The molecule has 1 aromatic heterocycles. The predicted octanol–water partition coefficient (Wildman–Crippen LogP) is 1.91. The minimum atomic E-state index is -0.875. The van der Waals surface area contributed by atoms with Gasteiger partial charge in [0.15, 0.2) is 12.3 Å². The van der Waals surface area contributed by atoms with Gasteiger partial charge in [-0.25, -0.2) is 9.89 Å². The number of aromatic nitrogens is 2. The predicted molar refractivity (Wildman–Crippen MR) is 108 cm³/mol. The molecular weight excluding hydrogens is 394 g/mol. The molecule has 1 heterocycles. The Morgan fingerprint density at radius 1 is 0.966 bits per heavy atom. The summed E-state index contributed by atoms with van der Waals surface area (Å²) in [6.45, 7) is -0.633. The third-order valence-corrected chi connectivity index (χ3v) is 4.86. The molecule has 0 aliphatic carbocycles. The first-order valence-corrected chi connectivity index (χ1v) is 9.68. The highest BCUT2D eigenvalue weighted by Crippen LogP contribution is 2.17. The van der Waals surface area contributed by atoms with Gasteiger partial charge in [-0.05, 0) is 18.2 Å². The number of thioether (sulfide) groups is 1. The van der Waals surface area contributed by atoms with E-state index in [1.165, 1.54) is 11.8 Å². The van der Waals surface area contributed by atoms with E-state index in [-0.39, 0.29) is 17.5 Å². The molecule has 0 radical (unpaired) electrons. The number of esters is 1. The van der Waals surface area contributed by atoms with Crippen LogP contribution in [0.4, 0.5) is 0 Å². The summed E-state index contributed by atoms with van der Waals surface area (Å²) in [6.07, 6.45) is 0.144. The van der Waals surface area contributed by atoms with Gasteiger partial charge in [-0.3, -0.25) is 19.7 Å². The molecule has 0 saturated heterocycles. The fraction of sp³-hybridized carbons (Fsp3) is 0.150. The van der Waals surface area contributed by atoms with Gasteiger partial charge in [0.25, 0.3) is 11.5 Å². The Bertz CT molecular complexity index is 1100. The molecule has 8 nitrogen and oxygen atoms in total. The van der Waals surface area contributed by atoms with Crippen LogP contribution >= 0.6 is 11.8 Å². The highest BCUT2D eigenvalue weighted by molar-refractivity contribution is 7.99. The van der Waals surface area contributed by atoms with Crippen LogP contribution in [0.1, 0.15) is 16.9 Å². The zero-order chi connectivity index (χ0) is 20.6. The lowest BCUT2D eigenvalue weighted by molar-refractivity contribution is -0.132. The average Bonchev–Trinajstić information content (AvgIpc) is 2.73. The number of carbonyl (C=O) groups is 3. The van der Waals surface area contributed by atoms with Gasteiger partial charge in [0.1, 0.15) is 0 Å². The Hall–Kier alpha value is -3.46. The molecule has 2 aromatic carbocycles. The molecule has 0 aliphatic heterocycles. The Labute approximate surface area is 169 Å². The number of nitrogens with zero attached hydrogens (tertiary/aromatic N) is 1. The number of rotatable bonds is 7. The molecule has 2 amide bonds. The summed E-state index contributed by atoms with van der Waals surface area (Å²) in [6, 6.07) is 16.0. The lowest BCUT2D eigenvalue weighted by atomic mass is 10.1. The second kappa shape index (κ2) is 9.65. The number of aromatic amines is 1. The number of ether oxygens (including phenoxy) is 1.